The molecule has 0 saturated carbocycles. The van der Waals surface area contributed by atoms with Crippen molar-refractivity contribution in [1.82, 2.24) is 5.32 Å². The Morgan fingerprint density at radius 3 is 1.00 bits per heavy atom. The largest absolute Gasteiger partial charge is 0.394 e. The highest BCUT2D eigenvalue weighted by molar-refractivity contribution is 5.76. The minimum absolute atomic E-state index is 0.0674. The molecule has 0 spiro atoms. The molecule has 344 valence electrons. The molecule has 1 amide bonds. The Morgan fingerprint density at radius 1 is 0.397 bits per heavy atom. The van der Waals surface area contributed by atoms with E-state index < -0.39 is 12.1 Å². The maximum atomic E-state index is 12.4. The summed E-state index contributed by atoms with van der Waals surface area (Å²) in [5.74, 6) is -0.0674. The Morgan fingerprint density at radius 2 is 0.672 bits per heavy atom. The van der Waals surface area contributed by atoms with Crippen molar-refractivity contribution in [3.8, 4) is 0 Å². The summed E-state index contributed by atoms with van der Waals surface area (Å²) in [5.41, 5.74) is 0. The third kappa shape index (κ3) is 45.9. The normalized spacial score (nSPS) is 13.0. The molecule has 0 heterocycles. The van der Waals surface area contributed by atoms with Crippen LogP contribution in [0.3, 0.4) is 0 Å². The highest BCUT2D eigenvalue weighted by Gasteiger charge is 2.18. The zero-order chi connectivity index (χ0) is 42.1. The Kier molecular flexibility index (Phi) is 49.2. The molecule has 4 heteroatoms. The summed E-state index contributed by atoms with van der Waals surface area (Å²) < 4.78 is 0. The van der Waals surface area contributed by atoms with Crippen LogP contribution in [0.2, 0.25) is 0 Å². The molecule has 0 fully saturated rings. The fourth-order valence-corrected chi connectivity index (χ4v) is 8.37. The molecule has 2 atom stereocenters. The van der Waals surface area contributed by atoms with E-state index >= 15 is 0 Å². The van der Waals surface area contributed by atoms with E-state index in [1.807, 2.05) is 6.08 Å². The lowest BCUT2D eigenvalue weighted by Crippen LogP contribution is -2.45. The van der Waals surface area contributed by atoms with Gasteiger partial charge in [-0.3, -0.25) is 4.79 Å². The van der Waals surface area contributed by atoms with Crippen molar-refractivity contribution in [3.05, 3.63) is 24.3 Å². The van der Waals surface area contributed by atoms with Gasteiger partial charge in [-0.25, -0.2) is 0 Å². The number of carbonyl (C=O) groups excluding carboxylic acids is 1. The first-order chi connectivity index (χ1) is 28.7. The number of nitrogens with one attached hydrogen (secondary N) is 1. The van der Waals surface area contributed by atoms with Gasteiger partial charge in [-0.2, -0.15) is 0 Å². The third-order valence-corrected chi connectivity index (χ3v) is 12.4. The number of carbonyl (C=O) groups is 1. The van der Waals surface area contributed by atoms with Crippen molar-refractivity contribution in [2.45, 2.75) is 309 Å². The predicted molar refractivity (Wildman–Crippen MR) is 258 cm³/mol. The summed E-state index contributed by atoms with van der Waals surface area (Å²) in [7, 11) is 0. The summed E-state index contributed by atoms with van der Waals surface area (Å²) in [6.45, 7) is 4.33. The number of rotatable bonds is 49. The van der Waals surface area contributed by atoms with Crippen molar-refractivity contribution in [3.63, 3.8) is 0 Å². The van der Waals surface area contributed by atoms with Crippen molar-refractivity contribution in [2.24, 2.45) is 0 Å². The van der Waals surface area contributed by atoms with Crippen LogP contribution in [0.4, 0.5) is 0 Å². The van der Waals surface area contributed by atoms with Crippen LogP contribution in [-0.2, 0) is 4.79 Å². The van der Waals surface area contributed by atoms with Crippen LogP contribution in [-0.4, -0.2) is 34.9 Å². The van der Waals surface area contributed by atoms with E-state index in [1.54, 1.807) is 6.08 Å². The molecule has 0 aliphatic rings. The van der Waals surface area contributed by atoms with Crippen LogP contribution in [0.1, 0.15) is 296 Å². The van der Waals surface area contributed by atoms with E-state index in [-0.39, 0.29) is 12.5 Å². The molecule has 2 unspecified atom stereocenters. The Balaban J connectivity index is 3.51. The van der Waals surface area contributed by atoms with Crippen LogP contribution in [0.5, 0.6) is 0 Å². The van der Waals surface area contributed by atoms with E-state index in [0.717, 1.165) is 32.1 Å². The van der Waals surface area contributed by atoms with Crippen molar-refractivity contribution < 1.29 is 15.0 Å². The Hall–Kier alpha value is -1.13. The van der Waals surface area contributed by atoms with E-state index in [1.165, 1.54) is 244 Å². The van der Waals surface area contributed by atoms with Crippen molar-refractivity contribution >= 4 is 5.91 Å². The van der Waals surface area contributed by atoms with Gasteiger partial charge in [0.1, 0.15) is 0 Å². The van der Waals surface area contributed by atoms with Gasteiger partial charge in [0.25, 0.3) is 0 Å². The quantitative estimate of drug-likeness (QED) is 0.0423. The molecule has 0 rings (SSSR count). The second-order valence-corrected chi connectivity index (χ2v) is 18.3. The van der Waals surface area contributed by atoms with Crippen LogP contribution < -0.4 is 5.32 Å². The van der Waals surface area contributed by atoms with Gasteiger partial charge in [0.15, 0.2) is 0 Å². The molecule has 0 aromatic heterocycles. The highest BCUT2D eigenvalue weighted by Crippen LogP contribution is 2.17. The van der Waals surface area contributed by atoms with Gasteiger partial charge in [0.05, 0.1) is 18.8 Å². The summed E-state index contributed by atoms with van der Waals surface area (Å²) in [5, 5.41) is 23.1. The molecule has 0 bridgehead atoms. The molecule has 0 aromatic rings. The van der Waals surface area contributed by atoms with Gasteiger partial charge in [0.2, 0.25) is 5.91 Å². The van der Waals surface area contributed by atoms with Gasteiger partial charge in [-0.1, -0.05) is 282 Å². The van der Waals surface area contributed by atoms with Crippen LogP contribution in [0.15, 0.2) is 24.3 Å². The minimum Gasteiger partial charge on any atom is -0.394 e. The van der Waals surface area contributed by atoms with Crippen LogP contribution in [0, 0.1) is 0 Å². The summed E-state index contributed by atoms with van der Waals surface area (Å²) in [4.78, 5) is 12.4. The Labute approximate surface area is 364 Å². The number of hydrogen-bond acceptors (Lipinski definition) is 3. The summed E-state index contributed by atoms with van der Waals surface area (Å²) in [6, 6.07) is -0.636. The minimum atomic E-state index is -0.859. The SMILES string of the molecule is CCCCCCCCCCCCCCCCCCCC/C=C/CC/C=C/C(O)C(CO)NC(=O)CCCCCCCCCCCCCCCCCCCCCCCC. The van der Waals surface area contributed by atoms with Crippen LogP contribution >= 0.6 is 0 Å². The molecule has 3 N–H and O–H groups in total. The van der Waals surface area contributed by atoms with E-state index in [9.17, 15) is 15.0 Å². The van der Waals surface area contributed by atoms with Gasteiger partial charge in [-0.05, 0) is 32.1 Å². The van der Waals surface area contributed by atoms with Gasteiger partial charge >= 0.3 is 0 Å². The van der Waals surface area contributed by atoms with Crippen molar-refractivity contribution in [2.75, 3.05) is 6.61 Å². The van der Waals surface area contributed by atoms with Crippen molar-refractivity contribution in [1.29, 1.82) is 0 Å². The first kappa shape index (κ1) is 56.9. The van der Waals surface area contributed by atoms with E-state index in [2.05, 4.69) is 31.3 Å². The number of hydrogen-bond donors (Lipinski definition) is 3. The number of unbranched alkanes of at least 4 members (excludes halogenated alkanes) is 40. The molecule has 4 nitrogen and oxygen atoms in total. The molecule has 0 saturated heterocycles. The third-order valence-electron chi connectivity index (χ3n) is 12.4. The molecule has 0 aromatic carbocycles. The van der Waals surface area contributed by atoms with Gasteiger partial charge < -0.3 is 15.5 Å². The topological polar surface area (TPSA) is 69.6 Å². The monoisotopic (exact) mass is 816 g/mol. The predicted octanol–water partition coefficient (Wildman–Crippen LogP) is 17.1. The van der Waals surface area contributed by atoms with E-state index in [0.29, 0.717) is 6.42 Å². The molecule has 58 heavy (non-hydrogen) atoms. The first-order valence-electron chi connectivity index (χ1n) is 26.6. The van der Waals surface area contributed by atoms with E-state index in [4.69, 9.17) is 0 Å². The summed E-state index contributed by atoms with van der Waals surface area (Å²) in [6.07, 6.45) is 66.1. The number of aliphatic hydroxyl groups is 2. The lowest BCUT2D eigenvalue weighted by Gasteiger charge is -2.19. The van der Waals surface area contributed by atoms with Crippen LogP contribution in [0.25, 0.3) is 0 Å². The number of aliphatic hydroxyl groups excluding tert-OH is 2. The maximum Gasteiger partial charge on any atom is 0.220 e. The van der Waals surface area contributed by atoms with Gasteiger partial charge in [0, 0.05) is 6.42 Å². The molecule has 0 aliphatic carbocycles. The zero-order valence-corrected chi connectivity index (χ0v) is 39.6. The number of amides is 1. The lowest BCUT2D eigenvalue weighted by molar-refractivity contribution is -0.123. The molecule has 0 radical (unpaired) electrons. The average Bonchev–Trinajstić information content (AvgIpc) is 3.23. The van der Waals surface area contributed by atoms with Gasteiger partial charge in [-0.15, -0.1) is 0 Å². The molecule has 0 aliphatic heterocycles. The fraction of sp³-hybridized carbons (Fsp3) is 0.907. The smallest absolute Gasteiger partial charge is 0.220 e. The lowest BCUT2D eigenvalue weighted by atomic mass is 10.0. The zero-order valence-electron chi connectivity index (χ0n) is 39.6. The Bertz CT molecular complexity index is 840. The number of allylic oxidation sites excluding steroid dienone is 3. The molecular weight excluding hydrogens is 711 g/mol. The second kappa shape index (κ2) is 50.2. The second-order valence-electron chi connectivity index (χ2n) is 18.3. The fourth-order valence-electron chi connectivity index (χ4n) is 8.37. The maximum absolute atomic E-state index is 12.4. The average molecular weight is 816 g/mol. The first-order valence-corrected chi connectivity index (χ1v) is 26.6. The molecular formula is C54H105NO3. The standard InChI is InChI=1S/C54H105NO3/c1-3-5-7-9-11-13-15-17-19-21-23-25-27-28-29-31-33-35-37-39-41-43-45-47-49-53(57)52(51-56)55-54(58)50-48-46-44-42-40-38-36-34-32-30-26-24-22-20-18-16-14-12-10-8-6-4-2/h39,41,47,49,52-53,56-57H,3-38,40,42-46,48,50-51H2,1-2H3,(H,55,58)/b41-39+,49-47+. The summed E-state index contributed by atoms with van der Waals surface area (Å²) >= 11 is 0. The highest BCUT2D eigenvalue weighted by atomic mass is 16.3.